The first-order valence-electron chi connectivity index (χ1n) is 6.47. The van der Waals surface area contributed by atoms with Crippen molar-refractivity contribution in [2.24, 2.45) is 0 Å². The highest BCUT2D eigenvalue weighted by Gasteiger charge is 2.05. The van der Waals surface area contributed by atoms with E-state index in [9.17, 15) is 4.39 Å². The van der Waals surface area contributed by atoms with Crippen LogP contribution in [0, 0.1) is 5.82 Å². The minimum absolute atomic E-state index is 0.172. The molecular weight excluding hydrogens is 239 g/mol. The summed E-state index contributed by atoms with van der Waals surface area (Å²) in [5, 5.41) is 0. The Hall–Kier alpha value is -2.03. The van der Waals surface area contributed by atoms with Crippen molar-refractivity contribution in [2.45, 2.75) is 12.8 Å². The van der Waals surface area contributed by atoms with Gasteiger partial charge >= 0.3 is 0 Å². The van der Waals surface area contributed by atoms with Gasteiger partial charge in [0.05, 0.1) is 5.69 Å². The predicted molar refractivity (Wildman–Crippen MR) is 78.8 cm³/mol. The molecule has 0 aliphatic rings. The van der Waals surface area contributed by atoms with E-state index in [4.69, 9.17) is 5.73 Å². The average Bonchev–Trinajstić information content (AvgIpc) is 2.39. The van der Waals surface area contributed by atoms with Gasteiger partial charge in [0, 0.05) is 19.3 Å². The van der Waals surface area contributed by atoms with Gasteiger partial charge in [-0.1, -0.05) is 24.3 Å². The minimum atomic E-state index is -0.172. The normalized spacial score (nSPS) is 10.4. The van der Waals surface area contributed by atoms with Crippen LogP contribution in [-0.4, -0.2) is 13.6 Å². The van der Waals surface area contributed by atoms with E-state index in [0.29, 0.717) is 5.69 Å². The van der Waals surface area contributed by atoms with Crippen molar-refractivity contribution in [3.05, 3.63) is 59.9 Å². The third-order valence-corrected chi connectivity index (χ3v) is 3.17. The summed E-state index contributed by atoms with van der Waals surface area (Å²) in [7, 11) is 1.91. The van der Waals surface area contributed by atoms with Crippen molar-refractivity contribution in [1.82, 2.24) is 0 Å². The number of nitrogens with two attached hydrogens (primary N) is 1. The molecule has 0 saturated carbocycles. The molecule has 19 heavy (non-hydrogen) atoms. The number of halogens is 1. The second-order valence-corrected chi connectivity index (χ2v) is 4.72. The highest BCUT2D eigenvalue weighted by Crippen LogP contribution is 2.17. The molecule has 3 heteroatoms. The molecular formula is C16H19FN2. The zero-order valence-corrected chi connectivity index (χ0v) is 11.1. The van der Waals surface area contributed by atoms with Gasteiger partial charge in [-0.2, -0.15) is 0 Å². The summed E-state index contributed by atoms with van der Waals surface area (Å²) in [6, 6.07) is 14.8. The van der Waals surface area contributed by atoms with Gasteiger partial charge < -0.3 is 10.6 Å². The van der Waals surface area contributed by atoms with Gasteiger partial charge in [-0.05, 0) is 42.7 Å². The lowest BCUT2D eigenvalue weighted by Gasteiger charge is -2.19. The van der Waals surface area contributed by atoms with Crippen molar-refractivity contribution in [3.63, 3.8) is 0 Å². The van der Waals surface area contributed by atoms with E-state index in [1.165, 1.54) is 11.6 Å². The second-order valence-electron chi connectivity index (χ2n) is 4.72. The maximum atomic E-state index is 13.6. The Morgan fingerprint density at radius 1 is 1.11 bits per heavy atom. The molecule has 0 heterocycles. The monoisotopic (exact) mass is 258 g/mol. The molecule has 100 valence electrons. The fourth-order valence-electron chi connectivity index (χ4n) is 2.15. The molecule has 0 fully saturated rings. The van der Waals surface area contributed by atoms with Crippen LogP contribution < -0.4 is 10.6 Å². The van der Waals surface area contributed by atoms with Crippen LogP contribution in [0.4, 0.5) is 15.8 Å². The highest BCUT2D eigenvalue weighted by molar-refractivity contribution is 5.46. The summed E-state index contributed by atoms with van der Waals surface area (Å²) >= 11 is 0. The van der Waals surface area contributed by atoms with Gasteiger partial charge in [0.1, 0.15) is 5.82 Å². The van der Waals surface area contributed by atoms with Crippen molar-refractivity contribution >= 4 is 11.4 Å². The topological polar surface area (TPSA) is 29.3 Å². The molecule has 2 nitrogen and oxygen atoms in total. The van der Waals surface area contributed by atoms with Crippen molar-refractivity contribution in [2.75, 3.05) is 24.2 Å². The summed E-state index contributed by atoms with van der Waals surface area (Å²) in [4.78, 5) is 1.95. The molecule has 2 rings (SSSR count). The van der Waals surface area contributed by atoms with E-state index < -0.39 is 0 Å². The Bertz CT molecular complexity index is 540. The van der Waals surface area contributed by atoms with Crippen LogP contribution in [0.3, 0.4) is 0 Å². The molecule has 0 atom stereocenters. The van der Waals surface area contributed by atoms with E-state index in [1.54, 1.807) is 12.1 Å². The van der Waals surface area contributed by atoms with Crippen LogP contribution in [0.25, 0.3) is 0 Å². The molecule has 0 bridgehead atoms. The number of nitrogens with zero attached hydrogens (tertiary/aromatic N) is 1. The molecule has 2 N–H and O–H groups in total. The molecule has 0 radical (unpaired) electrons. The number of anilines is 2. The van der Waals surface area contributed by atoms with Crippen LogP contribution in [-0.2, 0) is 6.42 Å². The number of rotatable bonds is 5. The molecule has 0 saturated heterocycles. The summed E-state index contributed by atoms with van der Waals surface area (Å²) in [6.07, 6.45) is 1.91. The predicted octanol–water partition coefficient (Wildman–Crippen LogP) is 3.48. The maximum absolute atomic E-state index is 13.6. The van der Waals surface area contributed by atoms with Crippen LogP contribution in [0.2, 0.25) is 0 Å². The zero-order chi connectivity index (χ0) is 13.7. The number of para-hydroxylation sites is 1. The molecule has 2 aromatic carbocycles. The average molecular weight is 258 g/mol. The number of hydrogen-bond donors (Lipinski definition) is 1. The van der Waals surface area contributed by atoms with Crippen LogP contribution in [0.5, 0.6) is 0 Å². The Labute approximate surface area is 113 Å². The van der Waals surface area contributed by atoms with Crippen LogP contribution >= 0.6 is 0 Å². The Balaban J connectivity index is 1.88. The number of benzene rings is 2. The van der Waals surface area contributed by atoms with Crippen LogP contribution in [0.15, 0.2) is 48.5 Å². The highest BCUT2D eigenvalue weighted by atomic mass is 19.1. The second kappa shape index (κ2) is 6.23. The number of nitrogen functional groups attached to an aromatic ring is 1. The van der Waals surface area contributed by atoms with Crippen LogP contribution in [0.1, 0.15) is 12.0 Å². The fraction of sp³-hybridized carbons (Fsp3) is 0.250. The third kappa shape index (κ3) is 3.71. The van der Waals surface area contributed by atoms with E-state index in [2.05, 4.69) is 6.07 Å². The van der Waals surface area contributed by atoms with E-state index in [1.807, 2.05) is 36.2 Å². The molecule has 0 unspecified atom stereocenters. The van der Waals surface area contributed by atoms with E-state index in [0.717, 1.165) is 25.1 Å². The molecule has 0 amide bonds. The molecule has 0 aliphatic carbocycles. The lowest BCUT2D eigenvalue weighted by atomic mass is 10.1. The maximum Gasteiger partial charge on any atom is 0.146 e. The first-order chi connectivity index (χ1) is 9.16. The van der Waals surface area contributed by atoms with Gasteiger partial charge in [0.2, 0.25) is 0 Å². The van der Waals surface area contributed by atoms with E-state index in [-0.39, 0.29) is 5.82 Å². The van der Waals surface area contributed by atoms with Crippen molar-refractivity contribution in [1.29, 1.82) is 0 Å². The smallest absolute Gasteiger partial charge is 0.146 e. The molecule has 0 aliphatic heterocycles. The lowest BCUT2D eigenvalue weighted by molar-refractivity contribution is 0.620. The first kappa shape index (κ1) is 13.4. The summed E-state index contributed by atoms with van der Waals surface area (Å²) in [5.74, 6) is -0.172. The lowest BCUT2D eigenvalue weighted by Crippen LogP contribution is -2.20. The SMILES string of the molecule is CN(CCCc1cccc(N)c1)c1ccccc1F. The Kier molecular flexibility index (Phi) is 4.39. The summed E-state index contributed by atoms with van der Waals surface area (Å²) < 4.78 is 13.6. The number of hydrogen-bond acceptors (Lipinski definition) is 2. The molecule has 2 aromatic rings. The Morgan fingerprint density at radius 3 is 2.63 bits per heavy atom. The fourth-order valence-corrected chi connectivity index (χ4v) is 2.15. The van der Waals surface area contributed by atoms with Crippen molar-refractivity contribution < 1.29 is 4.39 Å². The van der Waals surface area contributed by atoms with Gasteiger partial charge in [-0.3, -0.25) is 0 Å². The molecule has 0 aromatic heterocycles. The van der Waals surface area contributed by atoms with Gasteiger partial charge in [0.15, 0.2) is 0 Å². The summed E-state index contributed by atoms with van der Waals surface area (Å²) in [6.45, 7) is 0.815. The standard InChI is InChI=1S/C16H19FN2/c1-19(16-10-3-2-9-15(16)17)11-5-7-13-6-4-8-14(18)12-13/h2-4,6,8-10,12H,5,7,11,18H2,1H3. The summed E-state index contributed by atoms with van der Waals surface area (Å²) in [5.41, 5.74) is 8.40. The largest absolute Gasteiger partial charge is 0.399 e. The van der Waals surface area contributed by atoms with Gasteiger partial charge in [0.25, 0.3) is 0 Å². The Morgan fingerprint density at radius 2 is 1.89 bits per heavy atom. The minimum Gasteiger partial charge on any atom is -0.399 e. The molecule has 0 spiro atoms. The zero-order valence-electron chi connectivity index (χ0n) is 11.1. The van der Waals surface area contributed by atoms with E-state index >= 15 is 0 Å². The van der Waals surface area contributed by atoms with Crippen molar-refractivity contribution in [3.8, 4) is 0 Å². The van der Waals surface area contributed by atoms with Gasteiger partial charge in [-0.25, -0.2) is 4.39 Å². The first-order valence-corrected chi connectivity index (χ1v) is 6.47. The van der Waals surface area contributed by atoms with Gasteiger partial charge in [-0.15, -0.1) is 0 Å². The quantitative estimate of drug-likeness (QED) is 0.832. The number of aryl methyl sites for hydroxylation is 1. The third-order valence-electron chi connectivity index (χ3n) is 3.17.